The van der Waals surface area contributed by atoms with E-state index in [1.807, 2.05) is 0 Å². The lowest BCUT2D eigenvalue weighted by Gasteiger charge is -2.34. The van der Waals surface area contributed by atoms with Crippen molar-refractivity contribution in [3.63, 3.8) is 0 Å². The highest BCUT2D eigenvalue weighted by molar-refractivity contribution is 5.68. The zero-order chi connectivity index (χ0) is 13.5. The molecule has 19 heavy (non-hydrogen) atoms. The number of carbonyl (C=O) groups excluding carboxylic acids is 1. The van der Waals surface area contributed by atoms with Crippen LogP contribution in [-0.4, -0.2) is 53.7 Å². The first kappa shape index (κ1) is 13.7. The van der Waals surface area contributed by atoms with Gasteiger partial charge in [0, 0.05) is 38.9 Å². The third-order valence-corrected chi connectivity index (χ3v) is 2.83. The van der Waals surface area contributed by atoms with Gasteiger partial charge in [0.1, 0.15) is 6.33 Å². The fourth-order valence-corrected chi connectivity index (χ4v) is 1.92. The number of aromatic nitrogens is 2. The quantitative estimate of drug-likeness (QED) is 0.475. The largest absolute Gasteiger partial charge is 0.429 e. The van der Waals surface area contributed by atoms with E-state index in [-0.39, 0.29) is 6.04 Å². The second-order valence-electron chi connectivity index (χ2n) is 4.10. The fraction of sp³-hybridized carbons (Fsp3) is 0.545. The summed E-state index contributed by atoms with van der Waals surface area (Å²) in [5.74, 6) is 0. The standard InChI is InChI=1S/C11H18N6O2/c12-2-4-16-19-11(18)17-6-5-13-7-10(17)9-1-3-14-8-15-9/h1,3,8,10,13,16H,2,4-7,12H2. The van der Waals surface area contributed by atoms with Gasteiger partial charge in [-0.2, -0.15) is 5.48 Å². The van der Waals surface area contributed by atoms with E-state index in [1.54, 1.807) is 17.2 Å². The smallest absolute Gasteiger partial charge is 0.354 e. The molecule has 0 aliphatic carbocycles. The maximum absolute atomic E-state index is 12.0. The van der Waals surface area contributed by atoms with Crippen molar-refractivity contribution in [3.05, 3.63) is 24.3 Å². The van der Waals surface area contributed by atoms with Crippen molar-refractivity contribution in [1.82, 2.24) is 25.7 Å². The number of carbonyl (C=O) groups is 1. The zero-order valence-corrected chi connectivity index (χ0v) is 10.6. The van der Waals surface area contributed by atoms with Gasteiger partial charge in [-0.3, -0.25) is 4.90 Å². The number of rotatable bonds is 4. The summed E-state index contributed by atoms with van der Waals surface area (Å²) >= 11 is 0. The molecule has 0 saturated carbocycles. The van der Waals surface area contributed by atoms with E-state index < -0.39 is 6.09 Å². The van der Waals surface area contributed by atoms with E-state index in [0.717, 1.165) is 12.2 Å². The molecule has 0 radical (unpaired) electrons. The van der Waals surface area contributed by atoms with Crippen LogP contribution >= 0.6 is 0 Å². The van der Waals surface area contributed by atoms with Gasteiger partial charge in [0.2, 0.25) is 0 Å². The topological polar surface area (TPSA) is 105 Å². The van der Waals surface area contributed by atoms with E-state index in [4.69, 9.17) is 10.6 Å². The molecule has 104 valence electrons. The maximum atomic E-state index is 12.0. The summed E-state index contributed by atoms with van der Waals surface area (Å²) in [5.41, 5.74) is 8.64. The molecule has 4 N–H and O–H groups in total. The summed E-state index contributed by atoms with van der Waals surface area (Å²) in [4.78, 5) is 26.7. The summed E-state index contributed by atoms with van der Waals surface area (Å²) in [6.07, 6.45) is 2.71. The minimum Gasteiger partial charge on any atom is -0.354 e. The molecule has 1 unspecified atom stereocenters. The second-order valence-corrected chi connectivity index (χ2v) is 4.10. The summed E-state index contributed by atoms with van der Waals surface area (Å²) in [6.45, 7) is 2.77. The van der Waals surface area contributed by atoms with Crippen LogP contribution in [0.1, 0.15) is 11.7 Å². The van der Waals surface area contributed by atoms with Crippen molar-refractivity contribution >= 4 is 6.09 Å². The van der Waals surface area contributed by atoms with Crippen molar-refractivity contribution in [3.8, 4) is 0 Å². The molecular weight excluding hydrogens is 248 g/mol. The number of hydrogen-bond acceptors (Lipinski definition) is 7. The molecule has 2 rings (SSSR count). The SMILES string of the molecule is NCCNOC(=O)N1CCNCC1c1ccncn1. The number of hydrogen-bond donors (Lipinski definition) is 3. The highest BCUT2D eigenvalue weighted by Crippen LogP contribution is 2.20. The fourth-order valence-electron chi connectivity index (χ4n) is 1.92. The average molecular weight is 266 g/mol. The van der Waals surface area contributed by atoms with E-state index in [9.17, 15) is 4.79 Å². The molecule has 1 aromatic rings. The number of piperazine rings is 1. The van der Waals surface area contributed by atoms with Gasteiger partial charge in [0.25, 0.3) is 0 Å². The molecule has 8 nitrogen and oxygen atoms in total. The van der Waals surface area contributed by atoms with Gasteiger partial charge in [-0.1, -0.05) is 0 Å². The van der Waals surface area contributed by atoms with Crippen LogP contribution in [0.5, 0.6) is 0 Å². The van der Waals surface area contributed by atoms with E-state index >= 15 is 0 Å². The Morgan fingerprint density at radius 3 is 3.32 bits per heavy atom. The molecule has 1 aliphatic heterocycles. The molecule has 0 bridgehead atoms. The van der Waals surface area contributed by atoms with Gasteiger partial charge < -0.3 is 15.9 Å². The number of amides is 1. The third-order valence-electron chi connectivity index (χ3n) is 2.83. The van der Waals surface area contributed by atoms with Crippen molar-refractivity contribution in [1.29, 1.82) is 0 Å². The summed E-state index contributed by atoms with van der Waals surface area (Å²) in [6, 6.07) is 1.65. The van der Waals surface area contributed by atoms with Crippen LogP contribution in [0, 0.1) is 0 Å². The predicted octanol–water partition coefficient (Wildman–Crippen LogP) is -0.977. The molecule has 1 atom stereocenters. The van der Waals surface area contributed by atoms with Crippen molar-refractivity contribution in [2.24, 2.45) is 5.73 Å². The Morgan fingerprint density at radius 1 is 1.68 bits per heavy atom. The lowest BCUT2D eigenvalue weighted by Crippen LogP contribution is -2.50. The van der Waals surface area contributed by atoms with Gasteiger partial charge >= 0.3 is 6.09 Å². The highest BCUT2D eigenvalue weighted by Gasteiger charge is 2.30. The Balaban J connectivity index is 2.01. The number of nitrogens with one attached hydrogen (secondary N) is 2. The van der Waals surface area contributed by atoms with E-state index in [2.05, 4.69) is 20.8 Å². The Morgan fingerprint density at radius 2 is 2.58 bits per heavy atom. The molecule has 2 heterocycles. The molecule has 8 heteroatoms. The molecule has 1 aliphatic rings. The van der Waals surface area contributed by atoms with Crippen LogP contribution < -0.4 is 16.5 Å². The van der Waals surface area contributed by atoms with Crippen LogP contribution in [0.3, 0.4) is 0 Å². The Kier molecular flexibility index (Phi) is 5.01. The summed E-state index contributed by atoms with van der Waals surface area (Å²) in [5, 5.41) is 3.24. The van der Waals surface area contributed by atoms with Crippen LogP contribution in [0.15, 0.2) is 18.6 Å². The van der Waals surface area contributed by atoms with Crippen molar-refractivity contribution in [2.45, 2.75) is 6.04 Å². The average Bonchev–Trinajstić information content (AvgIpc) is 2.48. The highest BCUT2D eigenvalue weighted by atomic mass is 16.7. The lowest BCUT2D eigenvalue weighted by molar-refractivity contribution is 0.0380. The molecular formula is C11H18N6O2. The molecule has 0 spiro atoms. The van der Waals surface area contributed by atoms with Crippen LogP contribution in [-0.2, 0) is 4.84 Å². The van der Waals surface area contributed by atoms with Gasteiger partial charge in [0.05, 0.1) is 11.7 Å². The minimum atomic E-state index is -0.418. The van der Waals surface area contributed by atoms with Gasteiger partial charge in [-0.05, 0) is 6.07 Å². The van der Waals surface area contributed by atoms with Crippen LogP contribution in [0.25, 0.3) is 0 Å². The number of hydroxylamine groups is 1. The monoisotopic (exact) mass is 266 g/mol. The van der Waals surface area contributed by atoms with Crippen molar-refractivity contribution in [2.75, 3.05) is 32.7 Å². The molecule has 1 saturated heterocycles. The Hall–Kier alpha value is -1.77. The molecule has 1 amide bonds. The Labute approximate surface area is 111 Å². The van der Waals surface area contributed by atoms with Crippen molar-refractivity contribution < 1.29 is 9.63 Å². The van der Waals surface area contributed by atoms with E-state index in [0.29, 0.717) is 26.2 Å². The first-order valence-electron chi connectivity index (χ1n) is 6.20. The normalized spacial score (nSPS) is 19.2. The van der Waals surface area contributed by atoms with Crippen LogP contribution in [0.4, 0.5) is 4.79 Å². The Bertz CT molecular complexity index is 401. The first-order valence-corrected chi connectivity index (χ1v) is 6.20. The number of nitrogens with zero attached hydrogens (tertiary/aromatic N) is 3. The molecule has 1 fully saturated rings. The third kappa shape index (κ3) is 3.60. The number of nitrogens with two attached hydrogens (primary N) is 1. The molecule has 0 aromatic carbocycles. The second kappa shape index (κ2) is 6.98. The minimum absolute atomic E-state index is 0.149. The summed E-state index contributed by atoms with van der Waals surface area (Å²) in [7, 11) is 0. The maximum Gasteiger partial charge on any atom is 0.429 e. The lowest BCUT2D eigenvalue weighted by atomic mass is 10.1. The van der Waals surface area contributed by atoms with Gasteiger partial charge in [-0.15, -0.1) is 0 Å². The first-order chi connectivity index (χ1) is 9.33. The summed E-state index contributed by atoms with van der Waals surface area (Å²) < 4.78 is 0. The predicted molar refractivity (Wildman–Crippen MR) is 67.9 cm³/mol. The zero-order valence-electron chi connectivity index (χ0n) is 10.6. The van der Waals surface area contributed by atoms with Gasteiger partial charge in [-0.25, -0.2) is 14.8 Å². The van der Waals surface area contributed by atoms with E-state index in [1.165, 1.54) is 6.33 Å². The van der Waals surface area contributed by atoms with Crippen LogP contribution in [0.2, 0.25) is 0 Å². The molecule has 1 aromatic heterocycles. The van der Waals surface area contributed by atoms with Gasteiger partial charge in [0.15, 0.2) is 0 Å².